The quantitative estimate of drug-likeness (QED) is 0.875. The van der Waals surface area contributed by atoms with Gasteiger partial charge in [-0.3, -0.25) is 14.4 Å². The number of nitrogens with two attached hydrogens (primary N) is 1. The summed E-state index contributed by atoms with van der Waals surface area (Å²) in [6.07, 6.45) is 2.39. The highest BCUT2D eigenvalue weighted by Crippen LogP contribution is 2.49. The molecular weight excluding hydrogens is 292 g/mol. The van der Waals surface area contributed by atoms with Crippen LogP contribution >= 0.6 is 11.3 Å². The molecule has 112 valence electrons. The summed E-state index contributed by atoms with van der Waals surface area (Å²) in [5, 5.41) is 11.1. The van der Waals surface area contributed by atoms with E-state index < -0.39 is 17.3 Å². The molecule has 1 aromatic rings. The average molecular weight is 308 g/mol. The van der Waals surface area contributed by atoms with Crippen molar-refractivity contribution in [1.29, 1.82) is 0 Å². The molecule has 0 bridgehead atoms. The number of aliphatic carboxylic acids is 1. The lowest BCUT2D eigenvalue weighted by Crippen LogP contribution is -2.37. The van der Waals surface area contributed by atoms with Gasteiger partial charge in [0.1, 0.15) is 0 Å². The highest BCUT2D eigenvalue weighted by molar-refractivity contribution is 7.12. The van der Waals surface area contributed by atoms with Gasteiger partial charge in [0, 0.05) is 18.5 Å². The molecule has 21 heavy (non-hydrogen) atoms. The minimum absolute atomic E-state index is 0.0366. The summed E-state index contributed by atoms with van der Waals surface area (Å²) in [6.45, 7) is 0.741. The number of carboxylic acid groups (broad SMARTS) is 1. The molecule has 3 rings (SSSR count). The van der Waals surface area contributed by atoms with Gasteiger partial charge in [-0.05, 0) is 24.8 Å². The van der Waals surface area contributed by atoms with Gasteiger partial charge in [-0.1, -0.05) is 6.42 Å². The number of carbonyl (C=O) groups is 3. The molecule has 0 radical (unpaired) electrons. The second kappa shape index (κ2) is 4.84. The van der Waals surface area contributed by atoms with Gasteiger partial charge in [0.05, 0.1) is 15.9 Å². The molecule has 1 aliphatic heterocycles. The van der Waals surface area contributed by atoms with E-state index in [1.807, 2.05) is 0 Å². The van der Waals surface area contributed by atoms with E-state index in [0.717, 1.165) is 12.8 Å². The third kappa shape index (κ3) is 2.12. The molecule has 1 aromatic heterocycles. The molecule has 2 heterocycles. The second-order valence-corrected chi connectivity index (χ2v) is 6.71. The first-order valence-electron chi connectivity index (χ1n) is 6.85. The Labute approximate surface area is 125 Å². The van der Waals surface area contributed by atoms with E-state index in [4.69, 9.17) is 5.73 Å². The van der Waals surface area contributed by atoms with E-state index in [1.165, 1.54) is 17.4 Å². The minimum atomic E-state index is -0.802. The average Bonchev–Trinajstić information content (AvgIpc) is 3.11. The number of amides is 2. The fourth-order valence-corrected chi connectivity index (χ4v) is 4.39. The highest BCUT2D eigenvalue weighted by Gasteiger charge is 2.55. The lowest BCUT2D eigenvalue weighted by Gasteiger charge is -2.23. The van der Waals surface area contributed by atoms with Crippen molar-refractivity contribution in [2.24, 2.45) is 17.1 Å². The Morgan fingerprint density at radius 3 is 2.76 bits per heavy atom. The third-order valence-corrected chi connectivity index (χ3v) is 5.60. The van der Waals surface area contributed by atoms with Crippen LogP contribution in [0.4, 0.5) is 0 Å². The Morgan fingerprint density at radius 2 is 2.19 bits per heavy atom. The van der Waals surface area contributed by atoms with Gasteiger partial charge >= 0.3 is 5.97 Å². The smallest absolute Gasteiger partial charge is 0.311 e. The molecule has 2 amide bonds. The molecule has 2 fully saturated rings. The predicted molar refractivity (Wildman–Crippen MR) is 76.2 cm³/mol. The number of nitrogens with zero attached hydrogens (tertiary/aromatic N) is 1. The first-order chi connectivity index (χ1) is 9.94. The molecule has 0 unspecified atom stereocenters. The van der Waals surface area contributed by atoms with Crippen LogP contribution in [0.2, 0.25) is 0 Å². The summed E-state index contributed by atoms with van der Waals surface area (Å²) >= 11 is 1.17. The number of thiophene rings is 1. The minimum Gasteiger partial charge on any atom is -0.481 e. The summed E-state index contributed by atoms with van der Waals surface area (Å²) in [7, 11) is 0. The van der Waals surface area contributed by atoms with Gasteiger partial charge in [-0.25, -0.2) is 0 Å². The zero-order chi connectivity index (χ0) is 15.2. The monoisotopic (exact) mass is 308 g/mol. The van der Waals surface area contributed by atoms with Crippen molar-refractivity contribution in [3.05, 3.63) is 21.9 Å². The standard InChI is InChI=1S/C14H16N2O4S/c15-11(17)8-4-10(21-6-8)12(18)16-5-9-2-1-3-14(9,7-16)13(19)20/h4,6,9H,1-3,5,7H2,(H2,15,17)(H,19,20)/t9-,14+/m0/s1. The van der Waals surface area contributed by atoms with E-state index in [9.17, 15) is 19.5 Å². The molecule has 6 nitrogen and oxygen atoms in total. The number of hydrogen-bond donors (Lipinski definition) is 2. The van der Waals surface area contributed by atoms with E-state index >= 15 is 0 Å². The number of carbonyl (C=O) groups excluding carboxylic acids is 2. The molecule has 2 atom stereocenters. The summed E-state index contributed by atoms with van der Waals surface area (Å²) < 4.78 is 0. The number of hydrogen-bond acceptors (Lipinski definition) is 4. The molecule has 2 aliphatic rings. The van der Waals surface area contributed by atoms with Crippen LogP contribution in [0, 0.1) is 11.3 Å². The first-order valence-corrected chi connectivity index (χ1v) is 7.73. The zero-order valence-corrected chi connectivity index (χ0v) is 12.2. The van der Waals surface area contributed by atoms with Gasteiger partial charge in [0.15, 0.2) is 0 Å². The molecule has 1 aliphatic carbocycles. The van der Waals surface area contributed by atoms with Crippen LogP contribution in [0.15, 0.2) is 11.4 Å². The Hall–Kier alpha value is -1.89. The zero-order valence-electron chi connectivity index (χ0n) is 11.4. The fourth-order valence-electron chi connectivity index (χ4n) is 3.53. The SMILES string of the molecule is NC(=O)c1csc(C(=O)N2C[C@@H]3CCC[C@@]3(C(=O)O)C2)c1. The maximum absolute atomic E-state index is 12.5. The van der Waals surface area contributed by atoms with E-state index in [0.29, 0.717) is 23.4 Å². The first kappa shape index (κ1) is 14.1. The fraction of sp³-hybridized carbons (Fsp3) is 0.500. The summed E-state index contributed by atoms with van der Waals surface area (Å²) in [5.74, 6) is -1.54. The lowest BCUT2D eigenvalue weighted by atomic mass is 9.81. The summed E-state index contributed by atoms with van der Waals surface area (Å²) in [4.78, 5) is 37.2. The Balaban J connectivity index is 1.81. The van der Waals surface area contributed by atoms with E-state index in [2.05, 4.69) is 0 Å². The lowest BCUT2D eigenvalue weighted by molar-refractivity contribution is -0.149. The van der Waals surface area contributed by atoms with Crippen LogP contribution in [0.5, 0.6) is 0 Å². The van der Waals surface area contributed by atoms with Crippen molar-refractivity contribution < 1.29 is 19.5 Å². The second-order valence-electron chi connectivity index (χ2n) is 5.80. The summed E-state index contributed by atoms with van der Waals surface area (Å²) in [6, 6.07) is 1.48. The number of fused-ring (bicyclic) bond motifs is 1. The molecule has 0 spiro atoms. The molecular formula is C14H16N2O4S. The number of primary amides is 1. The predicted octanol–water partition coefficient (Wildman–Crippen LogP) is 1.17. The van der Waals surface area contributed by atoms with Crippen molar-refractivity contribution in [3.63, 3.8) is 0 Å². The van der Waals surface area contributed by atoms with Gasteiger partial charge in [-0.2, -0.15) is 0 Å². The van der Waals surface area contributed by atoms with Crippen LogP contribution in [0.1, 0.15) is 39.3 Å². The largest absolute Gasteiger partial charge is 0.481 e. The number of likely N-dealkylation sites (tertiary alicyclic amines) is 1. The van der Waals surface area contributed by atoms with E-state index in [1.54, 1.807) is 10.3 Å². The maximum atomic E-state index is 12.5. The van der Waals surface area contributed by atoms with Crippen LogP contribution in [-0.4, -0.2) is 40.9 Å². The summed E-state index contributed by atoms with van der Waals surface area (Å²) in [5.41, 5.74) is 4.72. The van der Waals surface area contributed by atoms with Gasteiger partial charge < -0.3 is 15.7 Å². The number of carboxylic acids is 1. The van der Waals surface area contributed by atoms with Crippen LogP contribution in [0.25, 0.3) is 0 Å². The molecule has 1 saturated heterocycles. The van der Waals surface area contributed by atoms with Crippen molar-refractivity contribution in [3.8, 4) is 0 Å². The van der Waals surface area contributed by atoms with Crippen molar-refractivity contribution in [2.75, 3.05) is 13.1 Å². The molecule has 7 heteroatoms. The Kier molecular flexibility index (Phi) is 3.24. The molecule has 1 saturated carbocycles. The highest BCUT2D eigenvalue weighted by atomic mass is 32.1. The normalized spacial score (nSPS) is 27.6. The third-order valence-electron chi connectivity index (χ3n) is 4.68. The van der Waals surface area contributed by atoms with Crippen LogP contribution in [-0.2, 0) is 4.79 Å². The van der Waals surface area contributed by atoms with Crippen LogP contribution in [0.3, 0.4) is 0 Å². The molecule has 0 aromatic carbocycles. The van der Waals surface area contributed by atoms with Gasteiger partial charge in [0.2, 0.25) is 5.91 Å². The Morgan fingerprint density at radius 1 is 1.43 bits per heavy atom. The van der Waals surface area contributed by atoms with Crippen LogP contribution < -0.4 is 5.73 Å². The van der Waals surface area contributed by atoms with Crippen molar-refractivity contribution in [2.45, 2.75) is 19.3 Å². The topological polar surface area (TPSA) is 101 Å². The maximum Gasteiger partial charge on any atom is 0.311 e. The van der Waals surface area contributed by atoms with Crippen molar-refractivity contribution in [1.82, 2.24) is 4.90 Å². The van der Waals surface area contributed by atoms with Crippen molar-refractivity contribution >= 4 is 29.1 Å². The Bertz CT molecular complexity index is 626. The number of rotatable bonds is 3. The van der Waals surface area contributed by atoms with E-state index in [-0.39, 0.29) is 18.4 Å². The van der Waals surface area contributed by atoms with Gasteiger partial charge in [0.25, 0.3) is 5.91 Å². The molecule has 3 N–H and O–H groups in total. The van der Waals surface area contributed by atoms with Gasteiger partial charge in [-0.15, -0.1) is 11.3 Å².